The standard InChI is InChI=1S/C12H21NO3Si/c1-9(11(13-3)12(14)15-4)8-10(2)16-17(5,6)7/h8-9,11H,1-2,4-7H3/b10-8+. The van der Waals surface area contributed by atoms with Crippen LogP contribution in [0.25, 0.3) is 4.85 Å². The van der Waals surface area contributed by atoms with Crippen molar-refractivity contribution in [2.24, 2.45) is 5.92 Å². The molecule has 0 aliphatic rings. The van der Waals surface area contributed by atoms with Crippen LogP contribution in [-0.2, 0) is 14.0 Å². The summed E-state index contributed by atoms with van der Waals surface area (Å²) < 4.78 is 10.4. The Bertz CT molecular complexity index is 339. The molecule has 0 fully saturated rings. The topological polar surface area (TPSA) is 39.9 Å². The number of hydrogen-bond donors (Lipinski definition) is 0. The minimum absolute atomic E-state index is 0.212. The van der Waals surface area contributed by atoms with Crippen molar-refractivity contribution in [1.29, 1.82) is 0 Å². The van der Waals surface area contributed by atoms with E-state index in [2.05, 4.69) is 29.2 Å². The summed E-state index contributed by atoms with van der Waals surface area (Å²) in [6, 6.07) is -0.791. The van der Waals surface area contributed by atoms with Crippen molar-refractivity contribution < 1.29 is 14.0 Å². The molecule has 2 unspecified atom stereocenters. The fourth-order valence-electron chi connectivity index (χ4n) is 1.48. The third-order valence-corrected chi connectivity index (χ3v) is 2.98. The van der Waals surface area contributed by atoms with Gasteiger partial charge in [-0.3, -0.25) is 0 Å². The van der Waals surface area contributed by atoms with E-state index in [1.807, 2.05) is 19.9 Å². The number of nitrogens with zero attached hydrogens (tertiary/aromatic N) is 1. The van der Waals surface area contributed by atoms with Crippen LogP contribution in [0.1, 0.15) is 13.8 Å². The third kappa shape index (κ3) is 6.12. The largest absolute Gasteiger partial charge is 0.548 e. The maximum Gasteiger partial charge on any atom is 0.390 e. The SMILES string of the molecule is [C-]#[N+]C(C(=O)OC)C(C)/C=C(\C)O[Si](C)(C)C. The normalized spacial score (nSPS) is 15.7. The monoisotopic (exact) mass is 255 g/mol. The Labute approximate surface area is 105 Å². The number of rotatable bonds is 5. The summed E-state index contributed by atoms with van der Waals surface area (Å²) in [6.45, 7) is 16.9. The van der Waals surface area contributed by atoms with E-state index >= 15 is 0 Å². The van der Waals surface area contributed by atoms with E-state index in [9.17, 15) is 4.79 Å². The van der Waals surface area contributed by atoms with Crippen LogP contribution in [0.5, 0.6) is 0 Å². The lowest BCUT2D eigenvalue weighted by Gasteiger charge is -2.20. The molecule has 0 spiro atoms. The minimum atomic E-state index is -1.63. The Kier molecular flexibility index (Phi) is 5.96. The molecule has 0 amide bonds. The highest BCUT2D eigenvalue weighted by molar-refractivity contribution is 6.70. The molecule has 4 nitrogen and oxygen atoms in total. The highest BCUT2D eigenvalue weighted by atomic mass is 28.4. The van der Waals surface area contributed by atoms with Crippen LogP contribution >= 0.6 is 0 Å². The summed E-state index contributed by atoms with van der Waals surface area (Å²) in [4.78, 5) is 14.6. The van der Waals surface area contributed by atoms with Gasteiger partial charge in [0.05, 0.1) is 18.8 Å². The quantitative estimate of drug-likeness (QED) is 0.328. The van der Waals surface area contributed by atoms with Crippen LogP contribution < -0.4 is 0 Å². The summed E-state index contributed by atoms with van der Waals surface area (Å²) in [5.41, 5.74) is 0. The number of methoxy groups -OCH3 is 1. The molecular formula is C12H21NO3Si. The zero-order chi connectivity index (χ0) is 13.6. The summed E-state index contributed by atoms with van der Waals surface area (Å²) >= 11 is 0. The summed E-state index contributed by atoms with van der Waals surface area (Å²) in [6.07, 6.45) is 1.82. The average Bonchev–Trinajstić information content (AvgIpc) is 2.15. The zero-order valence-corrected chi connectivity index (χ0v) is 12.4. The fraction of sp³-hybridized carbons (Fsp3) is 0.667. The summed E-state index contributed by atoms with van der Waals surface area (Å²) in [7, 11) is -0.336. The van der Waals surface area contributed by atoms with E-state index in [0.717, 1.165) is 5.76 Å². The van der Waals surface area contributed by atoms with Crippen molar-refractivity contribution in [1.82, 2.24) is 0 Å². The van der Waals surface area contributed by atoms with Gasteiger partial charge in [0.25, 0.3) is 0 Å². The lowest BCUT2D eigenvalue weighted by atomic mass is 10.0. The van der Waals surface area contributed by atoms with E-state index in [-0.39, 0.29) is 5.92 Å². The van der Waals surface area contributed by atoms with Crippen LogP contribution in [0.2, 0.25) is 19.6 Å². The molecule has 5 heteroatoms. The second kappa shape index (κ2) is 6.45. The first-order chi connectivity index (χ1) is 7.71. The number of hydrogen-bond acceptors (Lipinski definition) is 3. The van der Waals surface area contributed by atoms with Gasteiger partial charge in [-0.2, -0.15) is 0 Å². The maximum atomic E-state index is 11.4. The molecule has 0 heterocycles. The van der Waals surface area contributed by atoms with Crippen molar-refractivity contribution >= 4 is 14.3 Å². The highest BCUT2D eigenvalue weighted by Gasteiger charge is 2.30. The Morgan fingerprint density at radius 1 is 1.41 bits per heavy atom. The lowest BCUT2D eigenvalue weighted by Crippen LogP contribution is -2.27. The van der Waals surface area contributed by atoms with Gasteiger partial charge in [0.15, 0.2) is 0 Å². The van der Waals surface area contributed by atoms with Gasteiger partial charge >= 0.3 is 12.0 Å². The van der Waals surface area contributed by atoms with Crippen LogP contribution in [0.3, 0.4) is 0 Å². The van der Waals surface area contributed by atoms with Crippen LogP contribution in [0, 0.1) is 12.5 Å². The van der Waals surface area contributed by atoms with Crippen molar-refractivity contribution in [3.63, 3.8) is 0 Å². The fourth-order valence-corrected chi connectivity index (χ4v) is 2.52. The van der Waals surface area contributed by atoms with Crippen LogP contribution in [0.15, 0.2) is 11.8 Å². The predicted octanol–water partition coefficient (Wildman–Crippen LogP) is 2.84. The summed E-state index contributed by atoms with van der Waals surface area (Å²) in [5.74, 6) is 0.0649. The Morgan fingerprint density at radius 3 is 2.29 bits per heavy atom. The molecule has 0 aliphatic heterocycles. The average molecular weight is 255 g/mol. The zero-order valence-electron chi connectivity index (χ0n) is 11.4. The first kappa shape index (κ1) is 15.7. The Balaban J connectivity index is 4.71. The lowest BCUT2D eigenvalue weighted by molar-refractivity contribution is -0.141. The first-order valence-corrected chi connectivity index (χ1v) is 8.94. The molecule has 96 valence electrons. The van der Waals surface area contributed by atoms with Gasteiger partial charge in [0.2, 0.25) is 8.32 Å². The molecule has 0 rings (SSSR count). The molecule has 0 saturated heterocycles. The number of ether oxygens (including phenoxy) is 1. The second-order valence-electron chi connectivity index (χ2n) is 4.95. The molecule has 17 heavy (non-hydrogen) atoms. The molecule has 2 atom stereocenters. The molecule has 0 radical (unpaired) electrons. The molecule has 0 aromatic rings. The molecule has 0 aromatic carbocycles. The first-order valence-electron chi connectivity index (χ1n) is 5.53. The number of esters is 1. The maximum absolute atomic E-state index is 11.4. The third-order valence-electron chi connectivity index (χ3n) is 2.04. The number of allylic oxidation sites excluding steroid dienone is 1. The van der Waals surface area contributed by atoms with Gasteiger partial charge in [-0.25, -0.2) is 11.4 Å². The van der Waals surface area contributed by atoms with E-state index < -0.39 is 20.3 Å². The molecule has 0 saturated carbocycles. The smallest absolute Gasteiger partial charge is 0.390 e. The van der Waals surface area contributed by atoms with Crippen molar-refractivity contribution in [2.75, 3.05) is 7.11 Å². The van der Waals surface area contributed by atoms with Gasteiger partial charge in [0, 0.05) is 0 Å². The number of carbonyl (C=O) groups is 1. The van der Waals surface area contributed by atoms with Gasteiger partial charge in [-0.05, 0) is 32.6 Å². The van der Waals surface area contributed by atoms with Crippen molar-refractivity contribution in [2.45, 2.75) is 39.5 Å². The minimum Gasteiger partial charge on any atom is -0.548 e. The van der Waals surface area contributed by atoms with Gasteiger partial charge in [-0.1, -0.05) is 6.92 Å². The molecule has 0 aromatic heterocycles. The van der Waals surface area contributed by atoms with E-state index in [0.29, 0.717) is 0 Å². The Hall–Kier alpha value is -1.28. The van der Waals surface area contributed by atoms with Crippen molar-refractivity contribution in [3.05, 3.63) is 23.3 Å². The predicted molar refractivity (Wildman–Crippen MR) is 69.8 cm³/mol. The molecule has 0 N–H and O–H groups in total. The van der Waals surface area contributed by atoms with Gasteiger partial charge in [0.1, 0.15) is 0 Å². The van der Waals surface area contributed by atoms with Crippen LogP contribution in [0.4, 0.5) is 0 Å². The second-order valence-corrected chi connectivity index (χ2v) is 9.38. The van der Waals surface area contributed by atoms with Gasteiger partial charge in [-0.15, -0.1) is 0 Å². The van der Waals surface area contributed by atoms with E-state index in [4.69, 9.17) is 11.0 Å². The highest BCUT2D eigenvalue weighted by Crippen LogP contribution is 2.16. The van der Waals surface area contributed by atoms with Gasteiger partial charge < -0.3 is 14.0 Å². The molecule has 0 bridgehead atoms. The molecular weight excluding hydrogens is 234 g/mol. The van der Waals surface area contributed by atoms with E-state index in [1.165, 1.54) is 7.11 Å². The Morgan fingerprint density at radius 2 is 1.94 bits per heavy atom. The van der Waals surface area contributed by atoms with E-state index in [1.54, 1.807) is 0 Å². The number of carbonyl (C=O) groups excluding carboxylic acids is 1. The molecule has 0 aliphatic carbocycles. The summed E-state index contributed by atoms with van der Waals surface area (Å²) in [5, 5.41) is 0. The van der Waals surface area contributed by atoms with Crippen LogP contribution in [-0.4, -0.2) is 27.4 Å². The van der Waals surface area contributed by atoms with Crippen molar-refractivity contribution in [3.8, 4) is 0 Å².